The first-order valence-electron chi connectivity index (χ1n) is 10.5. The number of carbonyl (C=O) groups excluding carboxylic acids is 1. The van der Waals surface area contributed by atoms with E-state index in [1.807, 2.05) is 38.1 Å². The molecule has 1 aliphatic rings. The average molecular weight is 377 g/mol. The fraction of sp³-hybridized carbons (Fsp3) is 0.682. The molecule has 1 N–H and O–H groups in total. The van der Waals surface area contributed by atoms with Gasteiger partial charge < -0.3 is 14.8 Å². The molecule has 1 aromatic carbocycles. The number of ether oxygens (including phenoxy) is 2. The van der Waals surface area contributed by atoms with Crippen LogP contribution < -0.4 is 10.1 Å². The number of hydrogen-bond acceptors (Lipinski definition) is 4. The number of carbonyl (C=O) groups is 1. The van der Waals surface area contributed by atoms with Gasteiger partial charge in [-0.05, 0) is 70.0 Å². The molecule has 0 saturated carbocycles. The third-order valence-electron chi connectivity index (χ3n) is 5.07. The molecule has 152 valence electrons. The van der Waals surface area contributed by atoms with Gasteiger partial charge in [0, 0.05) is 18.8 Å². The molecule has 0 unspecified atom stereocenters. The molecule has 0 aromatic heterocycles. The number of likely N-dealkylation sites (tertiary alicyclic amines) is 1. The number of anilines is 1. The molecule has 1 amide bonds. The molecule has 0 radical (unpaired) electrons. The molecular formula is C22H36N2O3. The highest BCUT2D eigenvalue weighted by Gasteiger charge is 2.33. The Morgan fingerprint density at radius 1 is 1.07 bits per heavy atom. The first kappa shape index (κ1) is 21.7. The van der Waals surface area contributed by atoms with E-state index < -0.39 is 5.60 Å². The van der Waals surface area contributed by atoms with Crippen molar-refractivity contribution in [2.45, 2.75) is 64.9 Å². The lowest BCUT2D eigenvalue weighted by molar-refractivity contribution is -0.140. The molecule has 0 spiro atoms. The molecular weight excluding hydrogens is 340 g/mol. The van der Waals surface area contributed by atoms with E-state index in [0.29, 0.717) is 19.6 Å². The van der Waals surface area contributed by atoms with E-state index in [4.69, 9.17) is 9.47 Å². The van der Waals surface area contributed by atoms with Gasteiger partial charge in [-0.25, -0.2) is 0 Å². The summed E-state index contributed by atoms with van der Waals surface area (Å²) in [5, 5.41) is 2.98. The topological polar surface area (TPSA) is 50.8 Å². The Bertz CT molecular complexity index is 555. The quantitative estimate of drug-likeness (QED) is 0.619. The first-order valence-corrected chi connectivity index (χ1v) is 10.5. The number of nitrogens with one attached hydrogen (secondary N) is 1. The third kappa shape index (κ3) is 7.15. The lowest BCUT2D eigenvalue weighted by Gasteiger charge is -2.28. The summed E-state index contributed by atoms with van der Waals surface area (Å²) in [6.45, 7) is 10.6. The molecule has 5 heteroatoms. The van der Waals surface area contributed by atoms with Crippen molar-refractivity contribution in [3.8, 4) is 5.75 Å². The molecule has 5 nitrogen and oxygen atoms in total. The second kappa shape index (κ2) is 11.3. The summed E-state index contributed by atoms with van der Waals surface area (Å²) in [4.78, 5) is 15.2. The van der Waals surface area contributed by atoms with Crippen LogP contribution in [0, 0.1) is 0 Å². The molecule has 2 rings (SSSR count). The van der Waals surface area contributed by atoms with Crippen molar-refractivity contribution in [2.24, 2.45) is 0 Å². The summed E-state index contributed by atoms with van der Waals surface area (Å²) >= 11 is 0. The first-order chi connectivity index (χ1) is 13.1. The van der Waals surface area contributed by atoms with Gasteiger partial charge in [0.1, 0.15) is 18.0 Å². The lowest BCUT2D eigenvalue weighted by atomic mass is 9.99. The van der Waals surface area contributed by atoms with Crippen LogP contribution in [0.15, 0.2) is 24.3 Å². The minimum Gasteiger partial charge on any atom is -0.492 e. The summed E-state index contributed by atoms with van der Waals surface area (Å²) in [6.07, 6.45) is 6.45. The molecule has 0 aliphatic carbocycles. The van der Waals surface area contributed by atoms with E-state index in [9.17, 15) is 4.79 Å². The fourth-order valence-electron chi connectivity index (χ4n) is 3.43. The number of benzene rings is 1. The van der Waals surface area contributed by atoms with E-state index in [2.05, 4.69) is 17.1 Å². The van der Waals surface area contributed by atoms with E-state index in [-0.39, 0.29) is 5.91 Å². The summed E-state index contributed by atoms with van der Waals surface area (Å²) in [5.41, 5.74) is -0.0141. The van der Waals surface area contributed by atoms with Crippen molar-refractivity contribution >= 4 is 11.6 Å². The maximum absolute atomic E-state index is 12.7. The van der Waals surface area contributed by atoms with Gasteiger partial charge in [0.05, 0.1) is 0 Å². The summed E-state index contributed by atoms with van der Waals surface area (Å²) in [5.74, 6) is 0.750. The van der Waals surface area contributed by atoms with E-state index in [1.165, 1.54) is 32.4 Å². The smallest absolute Gasteiger partial charge is 0.256 e. The second-order valence-electron chi connectivity index (χ2n) is 7.56. The van der Waals surface area contributed by atoms with Gasteiger partial charge in [0.2, 0.25) is 0 Å². The van der Waals surface area contributed by atoms with E-state index >= 15 is 0 Å². The van der Waals surface area contributed by atoms with Crippen LogP contribution in [-0.2, 0) is 9.53 Å². The van der Waals surface area contributed by atoms with Gasteiger partial charge in [0.15, 0.2) is 0 Å². The fourth-order valence-corrected chi connectivity index (χ4v) is 3.43. The normalized spacial score (nSPS) is 17.3. The zero-order chi connectivity index (χ0) is 19.5. The molecule has 1 aliphatic heterocycles. The summed E-state index contributed by atoms with van der Waals surface area (Å²) in [6, 6.07) is 7.60. The van der Waals surface area contributed by atoms with Crippen LogP contribution in [0.3, 0.4) is 0 Å². The number of rotatable bonds is 11. The molecule has 1 heterocycles. The van der Waals surface area contributed by atoms with Gasteiger partial charge in [-0.2, -0.15) is 0 Å². The molecule has 0 bridgehead atoms. The zero-order valence-corrected chi connectivity index (χ0v) is 17.3. The Morgan fingerprint density at radius 2 is 1.78 bits per heavy atom. The monoisotopic (exact) mass is 376 g/mol. The SMILES string of the molecule is CCCO[C@](C)(CCC)C(=O)Nc1ccc(OCCN2CCCCC2)cc1. The van der Waals surface area contributed by atoms with Crippen LogP contribution in [-0.4, -0.2) is 49.3 Å². The van der Waals surface area contributed by atoms with Gasteiger partial charge in [-0.15, -0.1) is 0 Å². The minimum absolute atomic E-state index is 0.0865. The van der Waals surface area contributed by atoms with Gasteiger partial charge >= 0.3 is 0 Å². The van der Waals surface area contributed by atoms with Gasteiger partial charge in [-0.1, -0.05) is 26.7 Å². The Balaban J connectivity index is 1.81. The minimum atomic E-state index is -0.783. The van der Waals surface area contributed by atoms with Crippen LogP contribution in [0.25, 0.3) is 0 Å². The molecule has 1 aromatic rings. The van der Waals surface area contributed by atoms with Crippen LogP contribution in [0.1, 0.15) is 59.3 Å². The van der Waals surface area contributed by atoms with Crippen molar-refractivity contribution in [3.05, 3.63) is 24.3 Å². The van der Waals surface area contributed by atoms with Crippen molar-refractivity contribution in [1.29, 1.82) is 0 Å². The summed E-state index contributed by atoms with van der Waals surface area (Å²) < 4.78 is 11.7. The second-order valence-corrected chi connectivity index (χ2v) is 7.56. The predicted octanol–water partition coefficient (Wildman–Crippen LogP) is 4.48. The van der Waals surface area contributed by atoms with Crippen molar-refractivity contribution < 1.29 is 14.3 Å². The number of hydrogen-bond donors (Lipinski definition) is 1. The van der Waals surface area contributed by atoms with Gasteiger partial charge in [0.25, 0.3) is 5.91 Å². The van der Waals surface area contributed by atoms with E-state index in [1.54, 1.807) is 0 Å². The Hall–Kier alpha value is -1.59. The highest BCUT2D eigenvalue weighted by molar-refractivity contribution is 5.97. The maximum atomic E-state index is 12.7. The molecule has 1 saturated heterocycles. The van der Waals surface area contributed by atoms with Crippen LogP contribution in [0.2, 0.25) is 0 Å². The number of piperidine rings is 1. The largest absolute Gasteiger partial charge is 0.492 e. The van der Waals surface area contributed by atoms with Gasteiger partial charge in [-0.3, -0.25) is 9.69 Å². The Labute approximate surface area is 164 Å². The standard InChI is InChI=1S/C22H36N2O3/c1-4-13-22(3,27-17-5-2)21(25)23-19-9-11-20(12-10-19)26-18-16-24-14-7-6-8-15-24/h9-12H,4-8,13-18H2,1-3H3,(H,23,25)/t22-/m1/s1. The molecule has 27 heavy (non-hydrogen) atoms. The highest BCUT2D eigenvalue weighted by Crippen LogP contribution is 2.22. The predicted molar refractivity (Wildman–Crippen MR) is 110 cm³/mol. The average Bonchev–Trinajstić information content (AvgIpc) is 2.69. The lowest BCUT2D eigenvalue weighted by Crippen LogP contribution is -2.43. The number of amides is 1. The van der Waals surface area contributed by atoms with Crippen LogP contribution in [0.5, 0.6) is 5.75 Å². The molecule has 1 fully saturated rings. The zero-order valence-electron chi connectivity index (χ0n) is 17.3. The van der Waals surface area contributed by atoms with Crippen molar-refractivity contribution in [2.75, 3.05) is 38.2 Å². The Morgan fingerprint density at radius 3 is 2.41 bits per heavy atom. The van der Waals surface area contributed by atoms with E-state index in [0.717, 1.165) is 30.8 Å². The maximum Gasteiger partial charge on any atom is 0.256 e. The number of nitrogens with zero attached hydrogens (tertiary/aromatic N) is 1. The third-order valence-corrected chi connectivity index (χ3v) is 5.07. The summed E-state index contributed by atoms with van der Waals surface area (Å²) in [7, 11) is 0. The van der Waals surface area contributed by atoms with Crippen molar-refractivity contribution in [1.82, 2.24) is 4.90 Å². The van der Waals surface area contributed by atoms with Crippen molar-refractivity contribution in [3.63, 3.8) is 0 Å². The van der Waals surface area contributed by atoms with Crippen LogP contribution >= 0.6 is 0 Å². The Kier molecular flexibility index (Phi) is 9.08. The highest BCUT2D eigenvalue weighted by atomic mass is 16.5. The van der Waals surface area contributed by atoms with Crippen LogP contribution in [0.4, 0.5) is 5.69 Å². The molecule has 1 atom stereocenters.